The average Bonchev–Trinajstić information content (AvgIpc) is 2.49. The monoisotopic (exact) mass is 309 g/mol. The van der Waals surface area contributed by atoms with E-state index in [4.69, 9.17) is 16.3 Å². The Bertz CT molecular complexity index is 507. The number of carbonyl (C=O) groups is 2. The minimum absolute atomic E-state index is 0.162. The summed E-state index contributed by atoms with van der Waals surface area (Å²) in [5.41, 5.74) is 0.0176. The molecular weight excluding hydrogens is 290 g/mol. The number of ether oxygens (including phenoxy) is 1. The van der Waals surface area contributed by atoms with Gasteiger partial charge in [-0.05, 0) is 30.5 Å². The Labute approximate surface area is 129 Å². The number of carbonyl (C=O) groups excluding carboxylic acids is 2. The van der Waals surface area contributed by atoms with Crippen molar-refractivity contribution in [1.29, 1.82) is 0 Å². The van der Waals surface area contributed by atoms with Crippen molar-refractivity contribution in [3.63, 3.8) is 0 Å². The Morgan fingerprint density at radius 3 is 2.38 bits per heavy atom. The van der Waals surface area contributed by atoms with Crippen LogP contribution < -0.4 is 5.32 Å². The first-order valence-electron chi connectivity index (χ1n) is 7.20. The largest absolute Gasteiger partial charge is 0.467 e. The van der Waals surface area contributed by atoms with Crippen LogP contribution in [0.5, 0.6) is 0 Å². The highest BCUT2D eigenvalue weighted by molar-refractivity contribution is 6.30. The molecule has 0 spiro atoms. The van der Waals surface area contributed by atoms with Crippen LogP contribution in [-0.4, -0.2) is 24.5 Å². The maximum absolute atomic E-state index is 12.2. The van der Waals surface area contributed by atoms with Gasteiger partial charge in [0.05, 0.1) is 13.5 Å². The highest BCUT2D eigenvalue weighted by Gasteiger charge is 2.41. The van der Waals surface area contributed by atoms with E-state index in [0.717, 1.165) is 24.8 Å². The fourth-order valence-corrected chi connectivity index (χ4v) is 2.96. The second-order valence-electron chi connectivity index (χ2n) is 5.49. The van der Waals surface area contributed by atoms with Crippen LogP contribution in [0.15, 0.2) is 24.3 Å². The van der Waals surface area contributed by atoms with E-state index in [9.17, 15) is 9.59 Å². The van der Waals surface area contributed by atoms with E-state index in [-0.39, 0.29) is 18.3 Å². The average molecular weight is 310 g/mol. The molecule has 1 amide bonds. The standard InChI is InChI=1S/C16H20ClNO3/c1-21-15(20)16(9-3-2-4-10-16)18-14(19)11-12-5-7-13(17)8-6-12/h5-8H,2-4,9-11H2,1H3,(H,18,19). The van der Waals surface area contributed by atoms with E-state index >= 15 is 0 Å². The number of methoxy groups -OCH3 is 1. The molecule has 4 nitrogen and oxygen atoms in total. The van der Waals surface area contributed by atoms with Gasteiger partial charge in [-0.2, -0.15) is 0 Å². The molecule has 0 bridgehead atoms. The molecule has 1 aliphatic carbocycles. The first-order valence-corrected chi connectivity index (χ1v) is 7.57. The van der Waals surface area contributed by atoms with Crippen LogP contribution in [0.3, 0.4) is 0 Å². The summed E-state index contributed by atoms with van der Waals surface area (Å²) in [5, 5.41) is 3.54. The number of benzene rings is 1. The van der Waals surface area contributed by atoms with Crippen molar-refractivity contribution < 1.29 is 14.3 Å². The molecule has 1 saturated carbocycles. The van der Waals surface area contributed by atoms with Crippen molar-refractivity contribution in [2.45, 2.75) is 44.1 Å². The van der Waals surface area contributed by atoms with E-state index in [1.54, 1.807) is 12.1 Å². The lowest BCUT2D eigenvalue weighted by atomic mass is 9.81. The molecular formula is C16H20ClNO3. The Morgan fingerprint density at radius 1 is 1.19 bits per heavy atom. The molecule has 1 N–H and O–H groups in total. The number of esters is 1. The molecule has 1 aromatic carbocycles. The molecule has 1 fully saturated rings. The molecule has 21 heavy (non-hydrogen) atoms. The van der Waals surface area contributed by atoms with Crippen molar-refractivity contribution in [2.75, 3.05) is 7.11 Å². The van der Waals surface area contributed by atoms with Gasteiger partial charge in [0.2, 0.25) is 5.91 Å². The van der Waals surface area contributed by atoms with Gasteiger partial charge in [0.15, 0.2) is 0 Å². The minimum atomic E-state index is -0.851. The smallest absolute Gasteiger partial charge is 0.331 e. The summed E-state index contributed by atoms with van der Waals surface area (Å²) in [6, 6.07) is 7.13. The molecule has 0 atom stereocenters. The third-order valence-corrected chi connectivity index (χ3v) is 4.19. The molecule has 1 aliphatic rings. The molecule has 0 aliphatic heterocycles. The third-order valence-electron chi connectivity index (χ3n) is 3.94. The fraction of sp³-hybridized carbons (Fsp3) is 0.500. The van der Waals surface area contributed by atoms with Gasteiger partial charge in [0.1, 0.15) is 5.54 Å². The highest BCUT2D eigenvalue weighted by atomic mass is 35.5. The van der Waals surface area contributed by atoms with Crippen molar-refractivity contribution in [3.8, 4) is 0 Å². The number of hydrogen-bond acceptors (Lipinski definition) is 3. The lowest BCUT2D eigenvalue weighted by Gasteiger charge is -2.35. The summed E-state index contributed by atoms with van der Waals surface area (Å²) in [4.78, 5) is 24.3. The maximum Gasteiger partial charge on any atom is 0.331 e. The zero-order valence-corrected chi connectivity index (χ0v) is 12.9. The number of nitrogens with one attached hydrogen (secondary N) is 1. The number of rotatable bonds is 4. The zero-order valence-electron chi connectivity index (χ0n) is 12.2. The van der Waals surface area contributed by atoms with Crippen molar-refractivity contribution in [2.24, 2.45) is 0 Å². The van der Waals surface area contributed by atoms with Crippen molar-refractivity contribution >= 4 is 23.5 Å². The minimum Gasteiger partial charge on any atom is -0.467 e. The lowest BCUT2D eigenvalue weighted by Crippen LogP contribution is -2.56. The van der Waals surface area contributed by atoms with E-state index in [1.807, 2.05) is 12.1 Å². The Morgan fingerprint density at radius 2 is 1.81 bits per heavy atom. The summed E-state index contributed by atoms with van der Waals surface area (Å²) in [5.74, 6) is -0.503. The summed E-state index contributed by atoms with van der Waals surface area (Å²) in [6.07, 6.45) is 4.46. The van der Waals surface area contributed by atoms with Gasteiger partial charge in [-0.15, -0.1) is 0 Å². The lowest BCUT2D eigenvalue weighted by molar-refractivity contribution is -0.152. The normalized spacial score (nSPS) is 17.0. The molecule has 0 heterocycles. The first-order chi connectivity index (χ1) is 10.1. The SMILES string of the molecule is COC(=O)C1(NC(=O)Cc2ccc(Cl)cc2)CCCCC1. The van der Waals surface area contributed by atoms with Crippen molar-refractivity contribution in [3.05, 3.63) is 34.9 Å². The first kappa shape index (κ1) is 15.8. The van der Waals surface area contributed by atoms with Crippen molar-refractivity contribution in [1.82, 2.24) is 5.32 Å². The zero-order chi connectivity index (χ0) is 15.3. The fourth-order valence-electron chi connectivity index (χ4n) is 2.83. The van der Waals surface area contributed by atoms with Crippen LogP contribution in [0.1, 0.15) is 37.7 Å². The molecule has 0 aromatic heterocycles. The summed E-state index contributed by atoms with van der Waals surface area (Å²) in [7, 11) is 1.37. The van der Waals surface area contributed by atoms with Gasteiger partial charge in [-0.1, -0.05) is 43.0 Å². The molecule has 1 aromatic rings. The Kier molecular flexibility index (Phi) is 5.23. The van der Waals surface area contributed by atoms with Gasteiger partial charge in [-0.25, -0.2) is 4.79 Å². The van der Waals surface area contributed by atoms with Gasteiger partial charge < -0.3 is 10.1 Å². The summed E-state index contributed by atoms with van der Waals surface area (Å²) < 4.78 is 4.89. The Balaban J connectivity index is 2.04. The third kappa shape index (κ3) is 3.97. The van der Waals surface area contributed by atoms with Gasteiger partial charge >= 0.3 is 5.97 Å². The number of hydrogen-bond donors (Lipinski definition) is 1. The van der Waals surface area contributed by atoms with Crippen LogP contribution in [0.4, 0.5) is 0 Å². The topological polar surface area (TPSA) is 55.4 Å². The number of amides is 1. The van der Waals surface area contributed by atoms with Crippen LogP contribution in [0, 0.1) is 0 Å². The number of halogens is 1. The summed E-state index contributed by atoms with van der Waals surface area (Å²) in [6.45, 7) is 0. The predicted molar refractivity (Wildman–Crippen MR) is 81.1 cm³/mol. The van der Waals surface area contributed by atoms with Crippen LogP contribution in [-0.2, 0) is 20.7 Å². The second kappa shape index (κ2) is 6.94. The van der Waals surface area contributed by atoms with Crippen LogP contribution in [0.2, 0.25) is 5.02 Å². The van der Waals surface area contributed by atoms with E-state index in [1.165, 1.54) is 7.11 Å². The summed E-state index contributed by atoms with van der Waals surface area (Å²) >= 11 is 5.82. The van der Waals surface area contributed by atoms with Crippen LogP contribution >= 0.6 is 11.6 Å². The highest BCUT2D eigenvalue weighted by Crippen LogP contribution is 2.29. The Hall–Kier alpha value is -1.55. The van der Waals surface area contributed by atoms with Crippen LogP contribution in [0.25, 0.3) is 0 Å². The van der Waals surface area contributed by atoms with E-state index < -0.39 is 5.54 Å². The molecule has 2 rings (SSSR count). The van der Waals surface area contributed by atoms with Gasteiger partial charge in [-0.3, -0.25) is 4.79 Å². The van der Waals surface area contributed by atoms with E-state index in [2.05, 4.69) is 5.32 Å². The predicted octanol–water partition coefficient (Wildman–Crippen LogP) is 2.87. The van der Waals surface area contributed by atoms with Gasteiger partial charge in [0, 0.05) is 5.02 Å². The maximum atomic E-state index is 12.2. The molecule has 114 valence electrons. The van der Waals surface area contributed by atoms with E-state index in [0.29, 0.717) is 17.9 Å². The van der Waals surface area contributed by atoms with Gasteiger partial charge in [0.25, 0.3) is 0 Å². The molecule has 5 heteroatoms. The second-order valence-corrected chi connectivity index (χ2v) is 5.92. The molecule has 0 radical (unpaired) electrons. The molecule has 0 saturated heterocycles. The molecule has 0 unspecified atom stereocenters. The quantitative estimate of drug-likeness (QED) is 0.870.